The summed E-state index contributed by atoms with van der Waals surface area (Å²) in [7, 11) is 0. The van der Waals surface area contributed by atoms with Crippen LogP contribution in [-0.4, -0.2) is 35.0 Å². The maximum atomic E-state index is 12.1. The Labute approximate surface area is 124 Å². The molecular formula is C16H20N2O3. The van der Waals surface area contributed by atoms with Crippen molar-refractivity contribution < 1.29 is 14.7 Å². The highest BCUT2D eigenvalue weighted by atomic mass is 16.3. The number of carbonyl (C=O) groups excluding carboxylic acids is 2. The third-order valence-electron chi connectivity index (χ3n) is 3.34. The maximum absolute atomic E-state index is 12.1. The van der Waals surface area contributed by atoms with Crippen molar-refractivity contribution >= 4 is 17.5 Å². The van der Waals surface area contributed by atoms with E-state index in [1.165, 1.54) is 6.08 Å². The van der Waals surface area contributed by atoms with E-state index in [0.29, 0.717) is 0 Å². The normalized spacial score (nSPS) is 15.4. The van der Waals surface area contributed by atoms with Crippen molar-refractivity contribution in [2.24, 2.45) is 0 Å². The zero-order valence-corrected chi connectivity index (χ0v) is 12.5. The number of nitrogens with zero attached hydrogens (tertiary/aromatic N) is 1. The lowest BCUT2D eigenvalue weighted by molar-refractivity contribution is -0.137. The van der Waals surface area contributed by atoms with Crippen molar-refractivity contribution in [3.8, 4) is 0 Å². The van der Waals surface area contributed by atoms with Crippen molar-refractivity contribution in [1.82, 2.24) is 4.90 Å². The second-order valence-electron chi connectivity index (χ2n) is 6.00. The molecule has 2 N–H and O–H groups in total. The fourth-order valence-electron chi connectivity index (χ4n) is 2.30. The molecule has 2 amide bonds. The Balaban J connectivity index is 2.26. The molecule has 0 radical (unpaired) electrons. The van der Waals surface area contributed by atoms with Gasteiger partial charge in [-0.1, -0.05) is 39.0 Å². The Kier molecular flexibility index (Phi) is 4.14. The fourth-order valence-corrected chi connectivity index (χ4v) is 2.30. The van der Waals surface area contributed by atoms with Gasteiger partial charge in [-0.3, -0.25) is 14.5 Å². The van der Waals surface area contributed by atoms with E-state index in [1.54, 1.807) is 0 Å². The molecule has 2 rings (SSSR count). The molecule has 1 aromatic rings. The number of hydrogen-bond acceptors (Lipinski definition) is 4. The highest BCUT2D eigenvalue weighted by molar-refractivity contribution is 6.17. The summed E-state index contributed by atoms with van der Waals surface area (Å²) in [6.07, 6.45) is 1.28. The van der Waals surface area contributed by atoms with E-state index in [9.17, 15) is 9.59 Å². The first-order valence-corrected chi connectivity index (χ1v) is 6.89. The van der Waals surface area contributed by atoms with Gasteiger partial charge in [0.25, 0.3) is 11.8 Å². The molecule has 0 saturated carbocycles. The Morgan fingerprint density at radius 2 is 1.86 bits per heavy atom. The van der Waals surface area contributed by atoms with Gasteiger partial charge in [0.2, 0.25) is 0 Å². The first kappa shape index (κ1) is 15.3. The van der Waals surface area contributed by atoms with Gasteiger partial charge in [0, 0.05) is 11.8 Å². The number of benzene rings is 1. The average Bonchev–Trinajstić information content (AvgIpc) is 2.66. The van der Waals surface area contributed by atoms with Gasteiger partial charge in [-0.2, -0.15) is 0 Å². The lowest BCUT2D eigenvalue weighted by Crippen LogP contribution is -2.34. The van der Waals surface area contributed by atoms with Gasteiger partial charge in [-0.15, -0.1) is 0 Å². The van der Waals surface area contributed by atoms with Crippen LogP contribution in [0.1, 0.15) is 26.3 Å². The summed E-state index contributed by atoms with van der Waals surface area (Å²) in [4.78, 5) is 24.9. The SMILES string of the molecule is CC(C)(C)c1ccccc1NC1=CC(=O)N(CCO)C1=O. The molecule has 1 aliphatic rings. The zero-order chi connectivity index (χ0) is 15.6. The zero-order valence-electron chi connectivity index (χ0n) is 12.5. The molecule has 0 unspecified atom stereocenters. The predicted octanol–water partition coefficient (Wildman–Crippen LogP) is 1.64. The van der Waals surface area contributed by atoms with Crippen LogP contribution in [0.15, 0.2) is 36.0 Å². The van der Waals surface area contributed by atoms with E-state index < -0.39 is 11.8 Å². The van der Waals surface area contributed by atoms with E-state index in [2.05, 4.69) is 26.1 Å². The van der Waals surface area contributed by atoms with Crippen LogP contribution in [0.2, 0.25) is 0 Å². The summed E-state index contributed by atoms with van der Waals surface area (Å²) >= 11 is 0. The molecular weight excluding hydrogens is 268 g/mol. The molecule has 0 atom stereocenters. The average molecular weight is 288 g/mol. The van der Waals surface area contributed by atoms with Crippen LogP contribution < -0.4 is 5.32 Å². The minimum absolute atomic E-state index is 0.0142. The molecule has 5 nitrogen and oxygen atoms in total. The van der Waals surface area contributed by atoms with Gasteiger partial charge >= 0.3 is 0 Å². The summed E-state index contributed by atoms with van der Waals surface area (Å²) < 4.78 is 0. The number of amides is 2. The Bertz CT molecular complexity index is 600. The molecule has 112 valence electrons. The lowest BCUT2D eigenvalue weighted by Gasteiger charge is -2.23. The van der Waals surface area contributed by atoms with Crippen molar-refractivity contribution in [2.75, 3.05) is 18.5 Å². The number of carbonyl (C=O) groups is 2. The minimum Gasteiger partial charge on any atom is -0.395 e. The first-order valence-electron chi connectivity index (χ1n) is 6.89. The lowest BCUT2D eigenvalue weighted by atomic mass is 9.86. The summed E-state index contributed by atoms with van der Waals surface area (Å²) in [5.41, 5.74) is 2.03. The second-order valence-corrected chi connectivity index (χ2v) is 6.00. The topological polar surface area (TPSA) is 69.6 Å². The summed E-state index contributed by atoms with van der Waals surface area (Å²) in [6, 6.07) is 7.70. The van der Waals surface area contributed by atoms with Crippen LogP contribution in [0.3, 0.4) is 0 Å². The molecule has 0 aliphatic carbocycles. The largest absolute Gasteiger partial charge is 0.395 e. The van der Waals surface area contributed by atoms with Crippen molar-refractivity contribution in [1.29, 1.82) is 0 Å². The van der Waals surface area contributed by atoms with Crippen molar-refractivity contribution in [3.05, 3.63) is 41.6 Å². The fraction of sp³-hybridized carbons (Fsp3) is 0.375. The number of imide groups is 1. The molecule has 0 bridgehead atoms. The molecule has 21 heavy (non-hydrogen) atoms. The molecule has 1 heterocycles. The quantitative estimate of drug-likeness (QED) is 0.826. The summed E-state index contributed by atoms with van der Waals surface area (Å²) in [5, 5.41) is 12.0. The van der Waals surface area contributed by atoms with E-state index in [4.69, 9.17) is 5.11 Å². The molecule has 0 saturated heterocycles. The van der Waals surface area contributed by atoms with Crippen molar-refractivity contribution in [3.63, 3.8) is 0 Å². The third kappa shape index (κ3) is 3.13. The van der Waals surface area contributed by atoms with Crippen LogP contribution in [0, 0.1) is 0 Å². The highest BCUT2D eigenvalue weighted by Crippen LogP contribution is 2.30. The van der Waals surface area contributed by atoms with Gasteiger partial charge in [0.1, 0.15) is 5.70 Å². The van der Waals surface area contributed by atoms with Gasteiger partial charge in [0.05, 0.1) is 13.2 Å². The second kappa shape index (κ2) is 5.69. The van der Waals surface area contributed by atoms with Gasteiger partial charge in [0.15, 0.2) is 0 Å². The minimum atomic E-state index is -0.405. The maximum Gasteiger partial charge on any atom is 0.277 e. The molecule has 1 aliphatic heterocycles. The first-order chi connectivity index (χ1) is 9.84. The number of nitrogens with one attached hydrogen (secondary N) is 1. The van der Waals surface area contributed by atoms with Gasteiger partial charge in [-0.25, -0.2) is 0 Å². The van der Waals surface area contributed by atoms with Crippen LogP contribution in [-0.2, 0) is 15.0 Å². The smallest absolute Gasteiger partial charge is 0.277 e. The molecule has 5 heteroatoms. The van der Waals surface area contributed by atoms with Gasteiger partial charge < -0.3 is 10.4 Å². The Morgan fingerprint density at radius 1 is 1.19 bits per heavy atom. The number of β-amino-alcohol motifs (C(OH)–C–C–N with tert-alkyl or cyclic N) is 1. The number of hydrogen-bond donors (Lipinski definition) is 2. The Hall–Kier alpha value is -2.14. The summed E-state index contributed by atoms with van der Waals surface area (Å²) in [5.74, 6) is -0.803. The van der Waals surface area contributed by atoms with Crippen molar-refractivity contribution in [2.45, 2.75) is 26.2 Å². The van der Waals surface area contributed by atoms with Crippen LogP contribution in [0.25, 0.3) is 0 Å². The molecule has 0 aromatic heterocycles. The third-order valence-corrected chi connectivity index (χ3v) is 3.34. The number of aliphatic hydroxyl groups excluding tert-OH is 1. The van der Waals surface area contributed by atoms with Gasteiger partial charge in [-0.05, 0) is 17.0 Å². The van der Waals surface area contributed by atoms with E-state index in [1.807, 2.05) is 24.3 Å². The van der Waals surface area contributed by atoms with Crippen LogP contribution in [0.4, 0.5) is 5.69 Å². The predicted molar refractivity (Wildman–Crippen MR) is 80.7 cm³/mol. The van der Waals surface area contributed by atoms with E-state index in [-0.39, 0.29) is 24.3 Å². The summed E-state index contributed by atoms with van der Waals surface area (Å²) in [6.45, 7) is 6.03. The van der Waals surface area contributed by atoms with Crippen LogP contribution in [0.5, 0.6) is 0 Å². The highest BCUT2D eigenvalue weighted by Gasteiger charge is 2.31. The standard InChI is InChI=1S/C16H20N2O3/c1-16(2,3)11-6-4-5-7-12(11)17-13-10-14(20)18(8-9-19)15(13)21/h4-7,10,17,19H,8-9H2,1-3H3. The monoisotopic (exact) mass is 288 g/mol. The number of para-hydroxylation sites is 1. The number of aliphatic hydroxyl groups is 1. The molecule has 0 fully saturated rings. The number of anilines is 1. The Morgan fingerprint density at radius 3 is 2.48 bits per heavy atom. The van der Waals surface area contributed by atoms with E-state index >= 15 is 0 Å². The molecule has 0 spiro atoms. The molecule has 1 aromatic carbocycles. The number of rotatable bonds is 4. The van der Waals surface area contributed by atoms with Crippen LogP contribution >= 0.6 is 0 Å². The van der Waals surface area contributed by atoms with E-state index in [0.717, 1.165) is 16.2 Å².